The van der Waals surface area contributed by atoms with Crippen molar-refractivity contribution in [3.63, 3.8) is 0 Å². The second kappa shape index (κ2) is 4.51. The van der Waals surface area contributed by atoms with Crippen molar-refractivity contribution >= 4 is 22.3 Å². The molecule has 2 unspecified atom stereocenters. The van der Waals surface area contributed by atoms with Crippen LogP contribution in [0.1, 0.15) is 61.2 Å². The summed E-state index contributed by atoms with van der Waals surface area (Å²) in [6, 6.07) is 0. The van der Waals surface area contributed by atoms with Crippen LogP contribution in [0.25, 0.3) is 4.96 Å². The van der Waals surface area contributed by atoms with Crippen LogP contribution in [0, 0.1) is 5.92 Å². The summed E-state index contributed by atoms with van der Waals surface area (Å²) in [4.78, 5) is 11.9. The normalized spacial score (nSPS) is 27.0. The first-order chi connectivity index (χ1) is 9.72. The second-order valence-electron chi connectivity index (χ2n) is 5.87. The molecule has 2 aliphatic rings. The number of fused-ring (bicyclic) bond motifs is 1. The number of aromatic nitrogens is 4. The van der Waals surface area contributed by atoms with E-state index in [0.29, 0.717) is 12.3 Å². The largest absolute Gasteiger partial charge is 0.481 e. The van der Waals surface area contributed by atoms with Crippen LogP contribution in [0.3, 0.4) is 0 Å². The first-order valence-corrected chi connectivity index (χ1v) is 7.99. The van der Waals surface area contributed by atoms with Crippen molar-refractivity contribution in [3.8, 4) is 0 Å². The lowest BCUT2D eigenvalue weighted by Crippen LogP contribution is -2.13. The lowest BCUT2D eigenvalue weighted by molar-refractivity contribution is -0.141. The van der Waals surface area contributed by atoms with Gasteiger partial charge in [0.05, 0.1) is 5.92 Å². The van der Waals surface area contributed by atoms with Crippen molar-refractivity contribution in [3.05, 3.63) is 10.8 Å². The molecule has 0 amide bonds. The van der Waals surface area contributed by atoms with Crippen LogP contribution in [0.5, 0.6) is 0 Å². The highest BCUT2D eigenvalue weighted by atomic mass is 32.1. The zero-order valence-corrected chi connectivity index (χ0v) is 11.8. The van der Waals surface area contributed by atoms with E-state index in [1.165, 1.54) is 19.3 Å². The average molecular weight is 292 g/mol. The molecule has 0 spiro atoms. The number of hydrogen-bond acceptors (Lipinski definition) is 5. The summed E-state index contributed by atoms with van der Waals surface area (Å²) in [7, 11) is 0. The topological polar surface area (TPSA) is 80.4 Å². The van der Waals surface area contributed by atoms with E-state index in [9.17, 15) is 4.79 Å². The van der Waals surface area contributed by atoms with Gasteiger partial charge in [0.25, 0.3) is 0 Å². The van der Waals surface area contributed by atoms with Gasteiger partial charge in [0.15, 0.2) is 5.82 Å². The summed E-state index contributed by atoms with van der Waals surface area (Å²) in [6.07, 6.45) is 6.00. The zero-order valence-electron chi connectivity index (χ0n) is 11.0. The minimum Gasteiger partial charge on any atom is -0.481 e. The Morgan fingerprint density at radius 3 is 2.70 bits per heavy atom. The molecule has 2 aromatic rings. The lowest BCUT2D eigenvalue weighted by Gasteiger charge is -2.22. The van der Waals surface area contributed by atoms with Gasteiger partial charge in [-0.2, -0.15) is 9.61 Å². The van der Waals surface area contributed by atoms with E-state index in [-0.39, 0.29) is 11.8 Å². The molecule has 0 saturated heterocycles. The van der Waals surface area contributed by atoms with E-state index >= 15 is 0 Å². The Morgan fingerprint density at radius 2 is 2.05 bits per heavy atom. The molecule has 0 aliphatic heterocycles. The molecule has 106 valence electrons. The molecule has 2 aliphatic carbocycles. The van der Waals surface area contributed by atoms with Crippen molar-refractivity contribution in [2.45, 2.75) is 50.4 Å². The SMILES string of the molecule is O=C(O)C1CCC(c2nn3c(C4CCC4)nnc3s2)C1. The van der Waals surface area contributed by atoms with Gasteiger partial charge in [-0.05, 0) is 32.1 Å². The number of hydrogen-bond donors (Lipinski definition) is 1. The summed E-state index contributed by atoms with van der Waals surface area (Å²) in [6.45, 7) is 0. The van der Waals surface area contributed by atoms with Crippen molar-refractivity contribution in [2.75, 3.05) is 0 Å². The highest BCUT2D eigenvalue weighted by Crippen LogP contribution is 2.41. The molecule has 2 saturated carbocycles. The molecule has 2 heterocycles. The summed E-state index contributed by atoms with van der Waals surface area (Å²) >= 11 is 1.57. The molecule has 2 fully saturated rings. The Labute approximate surface area is 119 Å². The minimum absolute atomic E-state index is 0.208. The fourth-order valence-electron chi connectivity index (χ4n) is 3.16. The van der Waals surface area contributed by atoms with Crippen LogP contribution in [-0.2, 0) is 4.79 Å². The Bertz CT molecular complexity index is 660. The Morgan fingerprint density at radius 1 is 1.20 bits per heavy atom. The summed E-state index contributed by atoms with van der Waals surface area (Å²) in [5.74, 6) is 0.889. The molecule has 2 atom stereocenters. The van der Waals surface area contributed by atoms with Crippen LogP contribution >= 0.6 is 11.3 Å². The zero-order chi connectivity index (χ0) is 13.7. The third kappa shape index (κ3) is 1.83. The minimum atomic E-state index is -0.675. The number of rotatable bonds is 3. The maximum atomic E-state index is 11.0. The van der Waals surface area contributed by atoms with Gasteiger partial charge >= 0.3 is 5.97 Å². The molecular weight excluding hydrogens is 276 g/mol. The lowest BCUT2D eigenvalue weighted by atomic mass is 9.85. The molecule has 0 radical (unpaired) electrons. The van der Waals surface area contributed by atoms with E-state index < -0.39 is 5.97 Å². The maximum Gasteiger partial charge on any atom is 0.306 e. The van der Waals surface area contributed by atoms with E-state index in [0.717, 1.165) is 28.6 Å². The summed E-state index contributed by atoms with van der Waals surface area (Å²) < 4.78 is 1.89. The fourth-order valence-corrected chi connectivity index (χ4v) is 4.16. The van der Waals surface area contributed by atoms with Gasteiger partial charge in [0, 0.05) is 11.8 Å². The van der Waals surface area contributed by atoms with Crippen molar-refractivity contribution in [2.24, 2.45) is 5.92 Å². The third-order valence-electron chi connectivity index (χ3n) is 4.63. The number of carboxylic acid groups (broad SMARTS) is 1. The highest BCUT2D eigenvalue weighted by Gasteiger charge is 2.33. The summed E-state index contributed by atoms with van der Waals surface area (Å²) in [5, 5.41) is 23.3. The standard InChI is InChI=1S/C13H16N4O2S/c18-12(19)9-5-4-8(6-9)11-16-17-10(7-2-1-3-7)14-15-13(17)20-11/h7-9H,1-6H2,(H,18,19). The summed E-state index contributed by atoms with van der Waals surface area (Å²) in [5.41, 5.74) is 0. The van der Waals surface area contributed by atoms with Gasteiger partial charge in [0.2, 0.25) is 4.96 Å². The van der Waals surface area contributed by atoms with Crippen molar-refractivity contribution in [1.82, 2.24) is 19.8 Å². The Hall–Kier alpha value is -1.50. The quantitative estimate of drug-likeness (QED) is 0.939. The molecule has 6 nitrogen and oxygen atoms in total. The van der Waals surface area contributed by atoms with E-state index in [2.05, 4.69) is 15.3 Å². The fraction of sp³-hybridized carbons (Fsp3) is 0.692. The number of aliphatic carboxylic acids is 1. The van der Waals surface area contributed by atoms with Crippen molar-refractivity contribution < 1.29 is 9.90 Å². The number of carboxylic acids is 1. The van der Waals surface area contributed by atoms with E-state index in [4.69, 9.17) is 5.11 Å². The predicted octanol–water partition coefficient (Wildman–Crippen LogP) is 2.42. The Balaban J connectivity index is 1.61. The molecule has 2 aromatic heterocycles. The molecule has 20 heavy (non-hydrogen) atoms. The number of nitrogens with zero attached hydrogens (tertiary/aromatic N) is 4. The smallest absolute Gasteiger partial charge is 0.306 e. The van der Waals surface area contributed by atoms with Crippen LogP contribution in [0.4, 0.5) is 0 Å². The third-order valence-corrected chi connectivity index (χ3v) is 5.69. The van der Waals surface area contributed by atoms with Crippen LogP contribution in [0.2, 0.25) is 0 Å². The molecule has 1 N–H and O–H groups in total. The first-order valence-electron chi connectivity index (χ1n) is 7.17. The average Bonchev–Trinajstić information content (AvgIpc) is 3.00. The monoisotopic (exact) mass is 292 g/mol. The molecule has 7 heteroatoms. The van der Waals surface area contributed by atoms with Gasteiger partial charge in [-0.25, -0.2) is 0 Å². The van der Waals surface area contributed by atoms with E-state index in [1.54, 1.807) is 11.3 Å². The maximum absolute atomic E-state index is 11.0. The highest BCUT2D eigenvalue weighted by molar-refractivity contribution is 7.16. The first kappa shape index (κ1) is 12.3. The van der Waals surface area contributed by atoms with Gasteiger partial charge in [-0.15, -0.1) is 10.2 Å². The predicted molar refractivity (Wildman–Crippen MR) is 73.0 cm³/mol. The molecule has 0 aromatic carbocycles. The van der Waals surface area contributed by atoms with Crippen molar-refractivity contribution in [1.29, 1.82) is 0 Å². The van der Waals surface area contributed by atoms with E-state index in [1.807, 2.05) is 4.52 Å². The molecule has 0 bridgehead atoms. The number of carbonyl (C=O) groups is 1. The van der Waals surface area contributed by atoms with Crippen LogP contribution in [-0.4, -0.2) is 30.9 Å². The van der Waals surface area contributed by atoms with Gasteiger partial charge < -0.3 is 5.11 Å². The van der Waals surface area contributed by atoms with Crippen LogP contribution in [0.15, 0.2) is 0 Å². The molecule has 4 rings (SSSR count). The van der Waals surface area contributed by atoms with Gasteiger partial charge in [-0.3, -0.25) is 4.79 Å². The molecular formula is C13H16N4O2S. The van der Waals surface area contributed by atoms with Gasteiger partial charge in [-0.1, -0.05) is 17.8 Å². The van der Waals surface area contributed by atoms with Crippen LogP contribution < -0.4 is 0 Å². The van der Waals surface area contributed by atoms with Gasteiger partial charge in [0.1, 0.15) is 5.01 Å². The Kier molecular flexibility index (Phi) is 2.76. The second-order valence-corrected chi connectivity index (χ2v) is 6.85.